The van der Waals surface area contributed by atoms with Crippen LogP contribution in [0.1, 0.15) is 18.5 Å². The van der Waals surface area contributed by atoms with Crippen molar-refractivity contribution in [1.82, 2.24) is 14.3 Å². The van der Waals surface area contributed by atoms with Crippen LogP contribution in [0.15, 0.2) is 29.2 Å². The van der Waals surface area contributed by atoms with Gasteiger partial charge in [-0.2, -0.15) is 0 Å². The lowest BCUT2D eigenvalue weighted by molar-refractivity contribution is 0.249. The van der Waals surface area contributed by atoms with Crippen molar-refractivity contribution >= 4 is 17.2 Å². The summed E-state index contributed by atoms with van der Waals surface area (Å²) in [4.78, 5) is 18.9. The second kappa shape index (κ2) is 6.13. The molecule has 0 amide bonds. The molecule has 21 heavy (non-hydrogen) atoms. The molecule has 0 aliphatic carbocycles. The molecule has 0 spiro atoms. The van der Waals surface area contributed by atoms with Gasteiger partial charge in [0.1, 0.15) is 5.65 Å². The number of rotatable bonds is 4. The van der Waals surface area contributed by atoms with Crippen molar-refractivity contribution in [2.75, 3.05) is 19.7 Å². The Morgan fingerprint density at radius 1 is 1.43 bits per heavy atom. The zero-order chi connectivity index (χ0) is 14.8. The summed E-state index contributed by atoms with van der Waals surface area (Å²) in [5, 5.41) is 9.51. The SMILES string of the molecule is O=c1cc(CN2CCC(CCO)C2)nc2ccc(Cl)cn12. The fourth-order valence-corrected chi connectivity index (χ4v) is 3.07. The molecule has 1 fully saturated rings. The first-order valence-corrected chi connectivity index (χ1v) is 7.54. The standard InChI is InChI=1S/C15H18ClN3O2/c16-12-1-2-14-17-13(7-15(21)19(14)9-12)10-18-5-3-11(8-18)4-6-20/h1-2,7,9,11,20H,3-6,8,10H2. The largest absolute Gasteiger partial charge is 0.396 e. The normalized spacial score (nSPS) is 19.4. The van der Waals surface area contributed by atoms with Gasteiger partial charge in [-0.3, -0.25) is 14.1 Å². The Morgan fingerprint density at radius 3 is 3.10 bits per heavy atom. The number of fused-ring (bicyclic) bond motifs is 1. The zero-order valence-electron chi connectivity index (χ0n) is 11.7. The highest BCUT2D eigenvalue weighted by Crippen LogP contribution is 2.20. The van der Waals surface area contributed by atoms with E-state index in [4.69, 9.17) is 16.7 Å². The van der Waals surface area contributed by atoms with Gasteiger partial charge in [-0.15, -0.1) is 0 Å². The Kier molecular flexibility index (Phi) is 4.24. The predicted octanol–water partition coefficient (Wildman–Crippen LogP) is 1.55. The van der Waals surface area contributed by atoms with Gasteiger partial charge in [-0.25, -0.2) is 4.98 Å². The van der Waals surface area contributed by atoms with Crippen molar-refractivity contribution in [1.29, 1.82) is 0 Å². The summed E-state index contributed by atoms with van der Waals surface area (Å²) in [7, 11) is 0. The Hall–Kier alpha value is -1.43. The van der Waals surface area contributed by atoms with E-state index >= 15 is 0 Å². The molecule has 3 rings (SSSR count). The van der Waals surface area contributed by atoms with E-state index in [0.29, 0.717) is 23.1 Å². The van der Waals surface area contributed by atoms with Gasteiger partial charge in [-0.05, 0) is 37.4 Å². The molecule has 1 aliphatic rings. The summed E-state index contributed by atoms with van der Waals surface area (Å²) in [6.07, 6.45) is 3.54. The summed E-state index contributed by atoms with van der Waals surface area (Å²) >= 11 is 5.90. The van der Waals surface area contributed by atoms with Crippen LogP contribution in [0.4, 0.5) is 0 Å². The average Bonchev–Trinajstić information content (AvgIpc) is 2.87. The molecule has 1 aliphatic heterocycles. The molecule has 5 nitrogen and oxygen atoms in total. The summed E-state index contributed by atoms with van der Waals surface area (Å²) in [6.45, 7) is 2.87. The fraction of sp³-hybridized carbons (Fsp3) is 0.467. The highest BCUT2D eigenvalue weighted by Gasteiger charge is 2.22. The molecule has 1 unspecified atom stereocenters. The third kappa shape index (κ3) is 3.26. The molecule has 3 heterocycles. The molecule has 6 heteroatoms. The summed E-state index contributed by atoms with van der Waals surface area (Å²) in [6, 6.07) is 5.06. The molecular formula is C15H18ClN3O2. The molecule has 0 saturated carbocycles. The van der Waals surface area contributed by atoms with E-state index in [1.54, 1.807) is 24.4 Å². The first-order chi connectivity index (χ1) is 10.2. The molecule has 1 atom stereocenters. The zero-order valence-corrected chi connectivity index (χ0v) is 12.5. The number of aliphatic hydroxyl groups excluding tert-OH is 1. The van der Waals surface area contributed by atoms with Gasteiger partial charge >= 0.3 is 0 Å². The van der Waals surface area contributed by atoms with Crippen molar-refractivity contribution in [3.8, 4) is 0 Å². The molecule has 1 saturated heterocycles. The molecule has 0 aromatic carbocycles. The first kappa shape index (κ1) is 14.5. The maximum atomic E-state index is 12.1. The van der Waals surface area contributed by atoms with Crippen LogP contribution in [0.3, 0.4) is 0 Å². The molecule has 0 radical (unpaired) electrons. The first-order valence-electron chi connectivity index (χ1n) is 7.17. The van der Waals surface area contributed by atoms with Gasteiger partial charge in [0.25, 0.3) is 5.56 Å². The number of halogens is 1. The second-order valence-corrected chi connectivity index (χ2v) is 6.00. The van der Waals surface area contributed by atoms with Gasteiger partial charge in [0, 0.05) is 32.0 Å². The lowest BCUT2D eigenvalue weighted by Crippen LogP contribution is -2.23. The van der Waals surface area contributed by atoms with Gasteiger partial charge in [0.2, 0.25) is 0 Å². The second-order valence-electron chi connectivity index (χ2n) is 5.56. The number of nitrogens with zero attached hydrogens (tertiary/aromatic N) is 3. The molecule has 0 bridgehead atoms. The summed E-state index contributed by atoms with van der Waals surface area (Å²) in [5.74, 6) is 0.551. The van der Waals surface area contributed by atoms with Crippen LogP contribution in [0.5, 0.6) is 0 Å². The predicted molar refractivity (Wildman–Crippen MR) is 81.6 cm³/mol. The lowest BCUT2D eigenvalue weighted by Gasteiger charge is -2.15. The molecule has 2 aromatic rings. The van der Waals surface area contributed by atoms with Crippen molar-refractivity contribution in [3.05, 3.63) is 45.5 Å². The molecule has 1 N–H and O–H groups in total. The van der Waals surface area contributed by atoms with Crippen LogP contribution in [-0.2, 0) is 6.54 Å². The van der Waals surface area contributed by atoms with Crippen LogP contribution >= 0.6 is 11.6 Å². The van der Waals surface area contributed by atoms with Crippen molar-refractivity contribution < 1.29 is 5.11 Å². The maximum absolute atomic E-state index is 12.1. The number of hydrogen-bond acceptors (Lipinski definition) is 4. The summed E-state index contributed by atoms with van der Waals surface area (Å²) in [5.41, 5.74) is 1.29. The molecule has 112 valence electrons. The van der Waals surface area contributed by atoms with E-state index in [0.717, 1.165) is 31.6 Å². The van der Waals surface area contributed by atoms with Crippen molar-refractivity contribution in [2.45, 2.75) is 19.4 Å². The third-order valence-corrected chi connectivity index (χ3v) is 4.19. The quantitative estimate of drug-likeness (QED) is 0.931. The fourth-order valence-electron chi connectivity index (χ4n) is 2.91. The third-order valence-electron chi connectivity index (χ3n) is 3.97. The smallest absolute Gasteiger partial charge is 0.258 e. The lowest BCUT2D eigenvalue weighted by atomic mass is 10.1. The van der Waals surface area contributed by atoms with E-state index < -0.39 is 0 Å². The Morgan fingerprint density at radius 2 is 2.29 bits per heavy atom. The van der Waals surface area contributed by atoms with E-state index in [9.17, 15) is 4.79 Å². The number of aliphatic hydroxyl groups is 1. The number of hydrogen-bond donors (Lipinski definition) is 1. The van der Waals surface area contributed by atoms with E-state index in [2.05, 4.69) is 9.88 Å². The highest BCUT2D eigenvalue weighted by atomic mass is 35.5. The number of aromatic nitrogens is 2. The minimum absolute atomic E-state index is 0.108. The van der Waals surface area contributed by atoms with Crippen molar-refractivity contribution in [3.63, 3.8) is 0 Å². The van der Waals surface area contributed by atoms with E-state index in [-0.39, 0.29) is 12.2 Å². The van der Waals surface area contributed by atoms with Crippen LogP contribution in [0.25, 0.3) is 5.65 Å². The topological polar surface area (TPSA) is 57.8 Å². The number of likely N-dealkylation sites (tertiary alicyclic amines) is 1. The van der Waals surface area contributed by atoms with Gasteiger partial charge in [0.15, 0.2) is 0 Å². The molecular weight excluding hydrogens is 290 g/mol. The average molecular weight is 308 g/mol. The van der Waals surface area contributed by atoms with Gasteiger partial charge in [0.05, 0.1) is 10.7 Å². The van der Waals surface area contributed by atoms with Crippen LogP contribution in [-0.4, -0.2) is 39.1 Å². The Balaban J connectivity index is 1.79. The van der Waals surface area contributed by atoms with Crippen molar-refractivity contribution in [2.24, 2.45) is 5.92 Å². The minimum Gasteiger partial charge on any atom is -0.396 e. The van der Waals surface area contributed by atoms with Gasteiger partial charge in [-0.1, -0.05) is 11.6 Å². The Labute approximate surface area is 127 Å². The van der Waals surface area contributed by atoms with Crippen LogP contribution in [0, 0.1) is 5.92 Å². The van der Waals surface area contributed by atoms with E-state index in [1.165, 1.54) is 4.40 Å². The monoisotopic (exact) mass is 307 g/mol. The molecule has 2 aromatic heterocycles. The Bertz CT molecular complexity index is 701. The van der Waals surface area contributed by atoms with E-state index in [1.807, 2.05) is 0 Å². The van der Waals surface area contributed by atoms with Crippen LogP contribution in [0.2, 0.25) is 5.02 Å². The number of pyridine rings is 1. The van der Waals surface area contributed by atoms with Gasteiger partial charge < -0.3 is 5.11 Å². The maximum Gasteiger partial charge on any atom is 0.258 e. The summed E-state index contributed by atoms with van der Waals surface area (Å²) < 4.78 is 1.46. The van der Waals surface area contributed by atoms with Crippen LogP contribution < -0.4 is 5.56 Å². The highest BCUT2D eigenvalue weighted by molar-refractivity contribution is 6.30. The minimum atomic E-state index is -0.108.